The zero-order valence-corrected chi connectivity index (χ0v) is 23.7. The summed E-state index contributed by atoms with van der Waals surface area (Å²) in [6.07, 6.45) is 13.9. The standard InChI is InChI=1S/C34H44O5/c1-3-5-7-9-11-16-24-32(35)38-30-26-31(37-27-20-14-13-15-21-27)34(29-23-19-18-22-28(29)30)39-33(36)25-17-12-10-8-6-4-2/h13-15,18-23,26H,3-12,16-17,24-25H2,1-2H3. The highest BCUT2D eigenvalue weighted by atomic mass is 16.6. The lowest BCUT2D eigenvalue weighted by Crippen LogP contribution is -2.11. The first kappa shape index (κ1) is 30.2. The molecule has 39 heavy (non-hydrogen) atoms. The lowest BCUT2D eigenvalue weighted by Gasteiger charge is -2.17. The van der Waals surface area contributed by atoms with Crippen LogP contribution >= 0.6 is 0 Å². The molecular weight excluding hydrogens is 488 g/mol. The molecule has 0 N–H and O–H groups in total. The average molecular weight is 533 g/mol. The maximum absolute atomic E-state index is 12.9. The molecule has 0 bridgehead atoms. The number of carbonyl (C=O) groups excluding carboxylic acids is 2. The predicted octanol–water partition coefficient (Wildman–Crippen LogP) is 9.94. The summed E-state index contributed by atoms with van der Waals surface area (Å²) in [5, 5.41) is 1.38. The van der Waals surface area contributed by atoms with Crippen LogP contribution in [0.2, 0.25) is 0 Å². The molecule has 0 fully saturated rings. The molecule has 0 unspecified atom stereocenters. The molecule has 0 aliphatic carbocycles. The highest BCUT2D eigenvalue weighted by molar-refractivity contribution is 5.98. The molecule has 0 saturated carbocycles. The minimum absolute atomic E-state index is 0.269. The number of para-hydroxylation sites is 1. The van der Waals surface area contributed by atoms with Crippen LogP contribution in [0.3, 0.4) is 0 Å². The van der Waals surface area contributed by atoms with Crippen molar-refractivity contribution in [2.45, 2.75) is 104 Å². The first-order valence-corrected chi connectivity index (χ1v) is 14.8. The van der Waals surface area contributed by atoms with Gasteiger partial charge in [0.2, 0.25) is 0 Å². The Bertz CT molecular complexity index is 1150. The van der Waals surface area contributed by atoms with Crippen molar-refractivity contribution in [3.63, 3.8) is 0 Å². The van der Waals surface area contributed by atoms with E-state index in [0.29, 0.717) is 46.6 Å². The summed E-state index contributed by atoms with van der Waals surface area (Å²) < 4.78 is 18.0. The zero-order chi connectivity index (χ0) is 27.7. The minimum Gasteiger partial charge on any atom is -0.453 e. The Hall–Kier alpha value is -3.34. The van der Waals surface area contributed by atoms with E-state index in [9.17, 15) is 9.59 Å². The molecule has 0 amide bonds. The molecule has 0 saturated heterocycles. The van der Waals surface area contributed by atoms with Crippen molar-refractivity contribution in [2.75, 3.05) is 0 Å². The van der Waals surface area contributed by atoms with Gasteiger partial charge in [-0.3, -0.25) is 9.59 Å². The van der Waals surface area contributed by atoms with Crippen molar-refractivity contribution in [2.24, 2.45) is 0 Å². The summed E-state index contributed by atoms with van der Waals surface area (Å²) >= 11 is 0. The van der Waals surface area contributed by atoms with Crippen LogP contribution in [0, 0.1) is 0 Å². The van der Waals surface area contributed by atoms with E-state index in [-0.39, 0.29) is 11.9 Å². The molecule has 0 radical (unpaired) electrons. The quantitative estimate of drug-likeness (QED) is 0.0926. The van der Waals surface area contributed by atoms with Crippen LogP contribution in [0.1, 0.15) is 104 Å². The number of ether oxygens (including phenoxy) is 3. The van der Waals surface area contributed by atoms with Gasteiger partial charge in [-0.2, -0.15) is 0 Å². The third-order valence-corrected chi connectivity index (χ3v) is 6.80. The second-order valence-electron chi connectivity index (χ2n) is 10.1. The summed E-state index contributed by atoms with van der Waals surface area (Å²) in [6, 6.07) is 18.5. The first-order valence-electron chi connectivity index (χ1n) is 14.8. The topological polar surface area (TPSA) is 61.8 Å². The normalized spacial score (nSPS) is 10.9. The minimum atomic E-state index is -0.290. The fourth-order valence-corrected chi connectivity index (χ4v) is 4.61. The van der Waals surface area contributed by atoms with Gasteiger partial charge in [-0.25, -0.2) is 0 Å². The number of hydrogen-bond acceptors (Lipinski definition) is 5. The fraction of sp³-hybridized carbons (Fsp3) is 0.471. The van der Waals surface area contributed by atoms with Crippen molar-refractivity contribution in [1.82, 2.24) is 0 Å². The van der Waals surface area contributed by atoms with Gasteiger partial charge in [0.25, 0.3) is 0 Å². The molecule has 0 aliphatic rings. The van der Waals surface area contributed by atoms with Gasteiger partial charge >= 0.3 is 11.9 Å². The van der Waals surface area contributed by atoms with E-state index < -0.39 is 0 Å². The highest BCUT2D eigenvalue weighted by Gasteiger charge is 2.20. The third kappa shape index (κ3) is 10.4. The Balaban J connectivity index is 1.78. The molecule has 0 spiro atoms. The van der Waals surface area contributed by atoms with E-state index >= 15 is 0 Å². The molecule has 3 rings (SSSR count). The van der Waals surface area contributed by atoms with Crippen molar-refractivity contribution in [3.8, 4) is 23.0 Å². The molecule has 0 aliphatic heterocycles. The second-order valence-corrected chi connectivity index (χ2v) is 10.1. The Labute approximate surface area is 233 Å². The Kier molecular flexibility index (Phi) is 13.4. The first-order chi connectivity index (χ1) is 19.1. The van der Waals surface area contributed by atoms with Crippen LogP contribution in [0.4, 0.5) is 0 Å². The molecule has 210 valence electrons. The second kappa shape index (κ2) is 17.3. The Morgan fingerprint density at radius 2 is 1.08 bits per heavy atom. The number of hydrogen-bond donors (Lipinski definition) is 0. The number of rotatable bonds is 18. The lowest BCUT2D eigenvalue weighted by molar-refractivity contribution is -0.135. The summed E-state index contributed by atoms with van der Waals surface area (Å²) in [5.74, 6) is 1.14. The summed E-state index contributed by atoms with van der Waals surface area (Å²) in [6.45, 7) is 4.39. The van der Waals surface area contributed by atoms with Crippen molar-refractivity contribution < 1.29 is 23.8 Å². The number of carbonyl (C=O) groups is 2. The molecule has 5 heteroatoms. The van der Waals surface area contributed by atoms with Gasteiger partial charge in [-0.05, 0) is 25.0 Å². The monoisotopic (exact) mass is 532 g/mol. The van der Waals surface area contributed by atoms with Gasteiger partial charge in [0, 0.05) is 29.7 Å². The van der Waals surface area contributed by atoms with E-state index in [2.05, 4.69) is 13.8 Å². The predicted molar refractivity (Wildman–Crippen MR) is 158 cm³/mol. The summed E-state index contributed by atoms with van der Waals surface area (Å²) in [5.41, 5.74) is 0. The molecule has 3 aromatic carbocycles. The molecule has 5 nitrogen and oxygen atoms in total. The van der Waals surface area contributed by atoms with Crippen molar-refractivity contribution >= 4 is 22.7 Å². The van der Waals surface area contributed by atoms with Crippen LogP contribution in [-0.4, -0.2) is 11.9 Å². The SMILES string of the molecule is CCCCCCCCC(=O)Oc1cc(Oc2ccccc2)c(OC(=O)CCCCCCCC)c2ccccc12. The molecular formula is C34H44O5. The smallest absolute Gasteiger partial charge is 0.311 e. The Morgan fingerprint density at radius 3 is 1.69 bits per heavy atom. The lowest BCUT2D eigenvalue weighted by atomic mass is 10.1. The number of benzene rings is 3. The fourth-order valence-electron chi connectivity index (χ4n) is 4.61. The largest absolute Gasteiger partial charge is 0.453 e. The van der Waals surface area contributed by atoms with E-state index in [0.717, 1.165) is 38.5 Å². The van der Waals surface area contributed by atoms with Crippen molar-refractivity contribution in [3.05, 3.63) is 60.7 Å². The van der Waals surface area contributed by atoms with E-state index in [1.165, 1.54) is 38.5 Å². The molecule has 0 atom stereocenters. The maximum atomic E-state index is 12.9. The highest BCUT2D eigenvalue weighted by Crippen LogP contribution is 2.43. The summed E-state index contributed by atoms with van der Waals surface area (Å²) in [7, 11) is 0. The summed E-state index contributed by atoms with van der Waals surface area (Å²) in [4.78, 5) is 25.6. The van der Waals surface area contributed by atoms with Crippen molar-refractivity contribution in [1.29, 1.82) is 0 Å². The van der Waals surface area contributed by atoms with E-state index in [1.54, 1.807) is 6.07 Å². The third-order valence-electron chi connectivity index (χ3n) is 6.80. The number of unbranched alkanes of at least 4 members (excludes halogenated alkanes) is 10. The van der Waals surface area contributed by atoms with Crippen LogP contribution in [0.15, 0.2) is 60.7 Å². The molecule has 3 aromatic rings. The molecule has 0 heterocycles. The van der Waals surface area contributed by atoms with Gasteiger partial charge < -0.3 is 14.2 Å². The maximum Gasteiger partial charge on any atom is 0.311 e. The molecule has 0 aromatic heterocycles. The van der Waals surface area contributed by atoms with E-state index in [4.69, 9.17) is 14.2 Å². The van der Waals surface area contributed by atoms with Crippen LogP contribution < -0.4 is 14.2 Å². The van der Waals surface area contributed by atoms with Crippen LogP contribution in [-0.2, 0) is 9.59 Å². The number of esters is 2. The van der Waals surface area contributed by atoms with Gasteiger partial charge in [0.05, 0.1) is 0 Å². The van der Waals surface area contributed by atoms with E-state index in [1.807, 2.05) is 54.6 Å². The van der Waals surface area contributed by atoms with Gasteiger partial charge in [0.1, 0.15) is 11.5 Å². The van der Waals surface area contributed by atoms with Gasteiger partial charge in [-0.15, -0.1) is 0 Å². The Morgan fingerprint density at radius 1 is 0.564 bits per heavy atom. The average Bonchev–Trinajstić information content (AvgIpc) is 2.95. The number of fused-ring (bicyclic) bond motifs is 1. The van der Waals surface area contributed by atoms with Gasteiger partial charge in [-0.1, -0.05) is 121 Å². The zero-order valence-electron chi connectivity index (χ0n) is 23.7. The van der Waals surface area contributed by atoms with Crippen LogP contribution in [0.5, 0.6) is 23.0 Å². The van der Waals surface area contributed by atoms with Gasteiger partial charge in [0.15, 0.2) is 11.5 Å². The van der Waals surface area contributed by atoms with Crippen LogP contribution in [0.25, 0.3) is 10.8 Å².